The van der Waals surface area contributed by atoms with Crippen LogP contribution in [0.2, 0.25) is 0 Å². The minimum atomic E-state index is -0.177. The molecule has 1 heterocycles. The van der Waals surface area contributed by atoms with Crippen LogP contribution in [0.1, 0.15) is 11.7 Å². The highest BCUT2D eigenvalue weighted by Gasteiger charge is 2.22. The van der Waals surface area contributed by atoms with Gasteiger partial charge in [0.25, 0.3) is 0 Å². The van der Waals surface area contributed by atoms with E-state index in [9.17, 15) is 0 Å². The van der Waals surface area contributed by atoms with Crippen LogP contribution >= 0.6 is 0 Å². The summed E-state index contributed by atoms with van der Waals surface area (Å²) in [6.07, 6.45) is 1.54. The van der Waals surface area contributed by atoms with E-state index in [2.05, 4.69) is 6.58 Å². The van der Waals surface area contributed by atoms with Crippen LogP contribution < -0.4 is 14.2 Å². The molecule has 4 heteroatoms. The maximum atomic E-state index is 5.33. The minimum absolute atomic E-state index is 0.177. The van der Waals surface area contributed by atoms with Crippen LogP contribution in [0, 0.1) is 0 Å². The molecule has 0 radical (unpaired) electrons. The number of methoxy groups -OCH3 is 2. The van der Waals surface area contributed by atoms with E-state index in [1.54, 1.807) is 20.3 Å². The molecule has 0 bridgehead atoms. The van der Waals surface area contributed by atoms with E-state index < -0.39 is 0 Å². The third-order valence-electron chi connectivity index (χ3n) is 2.48. The van der Waals surface area contributed by atoms with Gasteiger partial charge in [-0.2, -0.15) is 0 Å². The highest BCUT2D eigenvalue weighted by atomic mass is 16.7. The Morgan fingerprint density at radius 1 is 1.38 bits per heavy atom. The van der Waals surface area contributed by atoms with Crippen molar-refractivity contribution in [1.82, 2.24) is 0 Å². The van der Waals surface area contributed by atoms with Crippen LogP contribution in [-0.4, -0.2) is 21.0 Å². The summed E-state index contributed by atoms with van der Waals surface area (Å²) in [7, 11) is 3.22. The molecular weight excluding hydrogens is 208 g/mol. The molecule has 1 aromatic carbocycles. The fourth-order valence-electron chi connectivity index (χ4n) is 1.68. The lowest BCUT2D eigenvalue weighted by atomic mass is 10.1. The van der Waals surface area contributed by atoms with Crippen molar-refractivity contribution in [2.45, 2.75) is 6.10 Å². The Bertz CT molecular complexity index is 400. The van der Waals surface area contributed by atoms with Crippen molar-refractivity contribution in [3.05, 3.63) is 30.4 Å². The van der Waals surface area contributed by atoms with E-state index >= 15 is 0 Å². The van der Waals surface area contributed by atoms with E-state index in [1.807, 2.05) is 12.1 Å². The summed E-state index contributed by atoms with van der Waals surface area (Å²) in [5.74, 6) is 1.97. The Hall–Kier alpha value is -1.68. The first-order valence-electron chi connectivity index (χ1n) is 4.93. The molecule has 0 spiro atoms. The van der Waals surface area contributed by atoms with E-state index in [-0.39, 0.29) is 12.9 Å². The second kappa shape index (κ2) is 4.45. The zero-order chi connectivity index (χ0) is 11.5. The maximum absolute atomic E-state index is 5.33. The monoisotopic (exact) mass is 222 g/mol. The molecule has 1 aliphatic rings. The average molecular weight is 222 g/mol. The lowest BCUT2D eigenvalue weighted by Crippen LogP contribution is -1.98. The second-order valence-corrected chi connectivity index (χ2v) is 3.35. The van der Waals surface area contributed by atoms with E-state index in [0.29, 0.717) is 17.2 Å². The fraction of sp³-hybridized carbons (Fsp3) is 0.333. The lowest BCUT2D eigenvalue weighted by molar-refractivity contribution is 0.142. The van der Waals surface area contributed by atoms with Gasteiger partial charge in [-0.1, -0.05) is 6.08 Å². The predicted octanol–water partition coefficient (Wildman–Crippen LogP) is 2.30. The van der Waals surface area contributed by atoms with E-state index in [4.69, 9.17) is 18.9 Å². The predicted molar refractivity (Wildman–Crippen MR) is 59.1 cm³/mol. The van der Waals surface area contributed by atoms with E-state index in [0.717, 1.165) is 5.56 Å². The number of rotatable bonds is 4. The first kappa shape index (κ1) is 10.8. The van der Waals surface area contributed by atoms with Gasteiger partial charge < -0.3 is 18.9 Å². The quantitative estimate of drug-likeness (QED) is 0.732. The summed E-state index contributed by atoms with van der Waals surface area (Å²) >= 11 is 0. The third-order valence-corrected chi connectivity index (χ3v) is 2.48. The molecule has 2 rings (SSSR count). The van der Waals surface area contributed by atoms with E-state index in [1.165, 1.54) is 0 Å². The molecule has 0 aliphatic carbocycles. The van der Waals surface area contributed by atoms with Gasteiger partial charge in [0.15, 0.2) is 11.5 Å². The Kier molecular flexibility index (Phi) is 3.01. The third kappa shape index (κ3) is 1.72. The fourth-order valence-corrected chi connectivity index (χ4v) is 1.68. The second-order valence-electron chi connectivity index (χ2n) is 3.35. The smallest absolute Gasteiger partial charge is 0.231 e. The molecule has 0 saturated heterocycles. The van der Waals surface area contributed by atoms with Crippen LogP contribution in [0.15, 0.2) is 24.8 Å². The zero-order valence-electron chi connectivity index (χ0n) is 9.36. The average Bonchev–Trinajstić information content (AvgIpc) is 2.77. The molecular formula is C12H14O4. The first-order chi connectivity index (χ1) is 7.80. The van der Waals surface area contributed by atoms with Gasteiger partial charge in [0, 0.05) is 7.11 Å². The summed E-state index contributed by atoms with van der Waals surface area (Å²) in [6.45, 7) is 3.94. The molecule has 1 aliphatic heterocycles. The van der Waals surface area contributed by atoms with Gasteiger partial charge in [0.1, 0.15) is 6.10 Å². The summed E-state index contributed by atoms with van der Waals surface area (Å²) in [6, 6.07) is 3.74. The molecule has 16 heavy (non-hydrogen) atoms. The molecule has 0 N–H and O–H groups in total. The maximum Gasteiger partial charge on any atom is 0.231 e. The van der Waals surface area contributed by atoms with Gasteiger partial charge in [-0.05, 0) is 17.7 Å². The zero-order valence-corrected chi connectivity index (χ0v) is 9.36. The van der Waals surface area contributed by atoms with Gasteiger partial charge >= 0.3 is 0 Å². The molecule has 0 amide bonds. The molecule has 1 atom stereocenters. The molecule has 0 aromatic heterocycles. The standard InChI is InChI=1S/C12H14O4/c1-4-9(13-2)8-5-10(14-3)12-11(6-8)15-7-16-12/h4-6,9H,1,7H2,2-3H3/t9-/m1/s1. The van der Waals surface area contributed by atoms with Crippen LogP contribution in [0.5, 0.6) is 17.2 Å². The van der Waals surface area contributed by atoms with Gasteiger partial charge in [-0.3, -0.25) is 0 Å². The lowest BCUT2D eigenvalue weighted by Gasteiger charge is -2.13. The van der Waals surface area contributed by atoms with Gasteiger partial charge in [-0.15, -0.1) is 6.58 Å². The summed E-state index contributed by atoms with van der Waals surface area (Å²) < 4.78 is 21.2. The molecule has 0 unspecified atom stereocenters. The number of ether oxygens (including phenoxy) is 4. The molecule has 1 aromatic rings. The first-order valence-corrected chi connectivity index (χ1v) is 4.93. The van der Waals surface area contributed by atoms with Crippen molar-refractivity contribution in [1.29, 1.82) is 0 Å². The number of fused-ring (bicyclic) bond motifs is 1. The van der Waals surface area contributed by atoms with Gasteiger partial charge in [-0.25, -0.2) is 0 Å². The Morgan fingerprint density at radius 3 is 2.81 bits per heavy atom. The van der Waals surface area contributed by atoms with Gasteiger partial charge in [0.05, 0.1) is 7.11 Å². The van der Waals surface area contributed by atoms with Crippen LogP contribution in [0.3, 0.4) is 0 Å². The SMILES string of the molecule is C=C[C@@H](OC)c1cc(OC)c2c(c1)OCO2. The Morgan fingerprint density at radius 2 is 2.19 bits per heavy atom. The highest BCUT2D eigenvalue weighted by Crippen LogP contribution is 2.43. The van der Waals surface area contributed by atoms with Crippen LogP contribution in [-0.2, 0) is 4.74 Å². The number of benzene rings is 1. The molecule has 0 fully saturated rings. The van der Waals surface area contributed by atoms with Crippen LogP contribution in [0.4, 0.5) is 0 Å². The van der Waals surface area contributed by atoms with Crippen molar-refractivity contribution < 1.29 is 18.9 Å². The minimum Gasteiger partial charge on any atom is -0.493 e. The summed E-state index contributed by atoms with van der Waals surface area (Å²) in [5, 5.41) is 0. The summed E-state index contributed by atoms with van der Waals surface area (Å²) in [4.78, 5) is 0. The normalized spacial score (nSPS) is 14.6. The largest absolute Gasteiger partial charge is 0.493 e. The number of hydrogen-bond acceptors (Lipinski definition) is 4. The number of hydrogen-bond donors (Lipinski definition) is 0. The molecule has 4 nitrogen and oxygen atoms in total. The van der Waals surface area contributed by atoms with Crippen molar-refractivity contribution in [2.24, 2.45) is 0 Å². The Labute approximate surface area is 94.4 Å². The molecule has 0 saturated carbocycles. The van der Waals surface area contributed by atoms with Crippen molar-refractivity contribution in [3.8, 4) is 17.2 Å². The van der Waals surface area contributed by atoms with Crippen molar-refractivity contribution in [3.63, 3.8) is 0 Å². The highest BCUT2D eigenvalue weighted by molar-refractivity contribution is 5.55. The van der Waals surface area contributed by atoms with Crippen molar-refractivity contribution >= 4 is 0 Å². The van der Waals surface area contributed by atoms with Gasteiger partial charge in [0.2, 0.25) is 12.5 Å². The summed E-state index contributed by atoms with van der Waals surface area (Å²) in [5.41, 5.74) is 0.929. The van der Waals surface area contributed by atoms with Crippen LogP contribution in [0.25, 0.3) is 0 Å². The topological polar surface area (TPSA) is 36.9 Å². The van der Waals surface area contributed by atoms with Crippen molar-refractivity contribution in [2.75, 3.05) is 21.0 Å². The Balaban J connectivity index is 2.44. The molecule has 86 valence electrons.